The molecule has 1 heterocycles. The largest absolute Gasteiger partial charge is 0.396 e. The molecule has 1 aromatic carbocycles. The van der Waals surface area contributed by atoms with Crippen LogP contribution < -0.4 is 4.90 Å². The molecule has 1 saturated heterocycles. The first-order valence-corrected chi connectivity index (χ1v) is 7.78. The zero-order valence-corrected chi connectivity index (χ0v) is 13.2. The minimum atomic E-state index is 0.0260. The molecule has 0 aliphatic carbocycles. The quantitative estimate of drug-likeness (QED) is 0.905. The van der Waals surface area contributed by atoms with E-state index in [1.54, 1.807) is 0 Å². The molecule has 1 atom stereocenters. The van der Waals surface area contributed by atoms with Gasteiger partial charge in [0.15, 0.2) is 0 Å². The lowest BCUT2D eigenvalue weighted by molar-refractivity contribution is 0.0818. The van der Waals surface area contributed by atoms with Crippen molar-refractivity contribution in [3.63, 3.8) is 0 Å². The van der Waals surface area contributed by atoms with E-state index >= 15 is 0 Å². The fraction of sp³-hybridized carbons (Fsp3) is 0.625. The second-order valence-electron chi connectivity index (χ2n) is 6.07. The predicted molar refractivity (Wildman–Crippen MR) is 85.6 cm³/mol. The van der Waals surface area contributed by atoms with Gasteiger partial charge in [0.25, 0.3) is 0 Å². The van der Waals surface area contributed by atoms with Crippen LogP contribution in [0.2, 0.25) is 5.02 Å². The van der Waals surface area contributed by atoms with Gasteiger partial charge in [-0.05, 0) is 24.6 Å². The van der Waals surface area contributed by atoms with Gasteiger partial charge in [0.05, 0.1) is 0 Å². The molecule has 1 aromatic rings. The van der Waals surface area contributed by atoms with Crippen molar-refractivity contribution in [3.05, 3.63) is 29.3 Å². The fourth-order valence-electron chi connectivity index (χ4n) is 2.65. The van der Waals surface area contributed by atoms with E-state index in [1.165, 1.54) is 5.69 Å². The van der Waals surface area contributed by atoms with Gasteiger partial charge >= 0.3 is 0 Å². The van der Waals surface area contributed by atoms with Crippen LogP contribution in [0, 0.1) is 5.41 Å². The number of piperazine rings is 1. The van der Waals surface area contributed by atoms with Crippen molar-refractivity contribution in [2.24, 2.45) is 5.41 Å². The van der Waals surface area contributed by atoms with Crippen LogP contribution in [0.3, 0.4) is 0 Å². The standard InChI is InChI=1S/C16H25ClN2O/c1-3-16(2,13-20)12-18-7-9-19(10-8-18)15-6-4-5-14(17)11-15/h4-6,11,20H,3,7-10,12-13H2,1-2H3. The van der Waals surface area contributed by atoms with E-state index in [0.717, 1.165) is 44.2 Å². The SMILES string of the molecule is CCC(C)(CO)CN1CCN(c2cccc(Cl)c2)CC1. The lowest BCUT2D eigenvalue weighted by Gasteiger charge is -2.40. The molecule has 1 aliphatic heterocycles. The highest BCUT2D eigenvalue weighted by atomic mass is 35.5. The van der Waals surface area contributed by atoms with E-state index in [0.29, 0.717) is 0 Å². The Bertz CT molecular complexity index is 426. The van der Waals surface area contributed by atoms with Gasteiger partial charge in [-0.3, -0.25) is 4.90 Å². The molecule has 0 radical (unpaired) electrons. The Hall–Kier alpha value is -0.770. The summed E-state index contributed by atoms with van der Waals surface area (Å²) >= 11 is 6.05. The molecule has 1 fully saturated rings. The average molecular weight is 297 g/mol. The summed E-state index contributed by atoms with van der Waals surface area (Å²) in [6, 6.07) is 8.06. The molecule has 112 valence electrons. The van der Waals surface area contributed by atoms with Crippen molar-refractivity contribution in [1.82, 2.24) is 4.90 Å². The Balaban J connectivity index is 1.89. The van der Waals surface area contributed by atoms with Crippen molar-refractivity contribution in [1.29, 1.82) is 0 Å². The second-order valence-corrected chi connectivity index (χ2v) is 6.50. The Morgan fingerprint density at radius 2 is 1.95 bits per heavy atom. The van der Waals surface area contributed by atoms with Gasteiger partial charge in [-0.25, -0.2) is 0 Å². The van der Waals surface area contributed by atoms with E-state index in [-0.39, 0.29) is 12.0 Å². The number of hydrogen-bond acceptors (Lipinski definition) is 3. The van der Waals surface area contributed by atoms with Crippen molar-refractivity contribution >= 4 is 17.3 Å². The number of nitrogens with zero attached hydrogens (tertiary/aromatic N) is 2. The van der Waals surface area contributed by atoms with Gasteiger partial charge in [0, 0.05) is 55.5 Å². The van der Waals surface area contributed by atoms with Crippen LogP contribution >= 0.6 is 11.6 Å². The molecule has 2 rings (SSSR count). The van der Waals surface area contributed by atoms with Gasteiger partial charge < -0.3 is 10.0 Å². The fourth-order valence-corrected chi connectivity index (χ4v) is 2.83. The van der Waals surface area contributed by atoms with Gasteiger partial charge in [-0.2, -0.15) is 0 Å². The molecule has 1 unspecified atom stereocenters. The molecular formula is C16H25ClN2O. The third kappa shape index (κ3) is 3.87. The third-order valence-electron chi connectivity index (χ3n) is 4.39. The maximum absolute atomic E-state index is 9.52. The predicted octanol–water partition coefficient (Wildman–Crippen LogP) is 2.87. The Morgan fingerprint density at radius 3 is 2.50 bits per heavy atom. The maximum atomic E-state index is 9.52. The molecule has 0 amide bonds. The summed E-state index contributed by atoms with van der Waals surface area (Å²) in [6.45, 7) is 9.68. The number of benzene rings is 1. The van der Waals surface area contributed by atoms with Crippen LogP contribution in [0.25, 0.3) is 0 Å². The minimum Gasteiger partial charge on any atom is -0.396 e. The molecule has 0 spiro atoms. The van der Waals surface area contributed by atoms with Crippen LogP contribution in [0.1, 0.15) is 20.3 Å². The lowest BCUT2D eigenvalue weighted by Crippen LogP contribution is -2.50. The number of aliphatic hydroxyl groups excluding tert-OH is 1. The summed E-state index contributed by atoms with van der Waals surface area (Å²) in [5.41, 5.74) is 1.23. The number of hydrogen-bond donors (Lipinski definition) is 1. The maximum Gasteiger partial charge on any atom is 0.0496 e. The number of anilines is 1. The average Bonchev–Trinajstić information content (AvgIpc) is 2.48. The number of aliphatic hydroxyl groups is 1. The monoisotopic (exact) mass is 296 g/mol. The molecule has 0 saturated carbocycles. The summed E-state index contributed by atoms with van der Waals surface area (Å²) in [5.74, 6) is 0. The van der Waals surface area contributed by atoms with Crippen molar-refractivity contribution in [3.8, 4) is 0 Å². The molecular weight excluding hydrogens is 272 g/mol. The van der Waals surface area contributed by atoms with E-state index in [1.807, 2.05) is 18.2 Å². The molecule has 4 heteroatoms. The van der Waals surface area contributed by atoms with Crippen LogP contribution in [-0.2, 0) is 0 Å². The summed E-state index contributed by atoms with van der Waals surface area (Å²) in [4.78, 5) is 4.84. The zero-order valence-electron chi connectivity index (χ0n) is 12.5. The topological polar surface area (TPSA) is 26.7 Å². The molecule has 0 bridgehead atoms. The van der Waals surface area contributed by atoms with Crippen LogP contribution in [0.5, 0.6) is 0 Å². The van der Waals surface area contributed by atoms with Crippen molar-refractivity contribution in [2.75, 3.05) is 44.2 Å². The highest BCUT2D eigenvalue weighted by molar-refractivity contribution is 6.30. The Kier molecular flexibility index (Phi) is 5.30. The summed E-state index contributed by atoms with van der Waals surface area (Å²) in [7, 11) is 0. The first-order chi connectivity index (χ1) is 9.56. The second kappa shape index (κ2) is 6.79. The molecule has 20 heavy (non-hydrogen) atoms. The van der Waals surface area contributed by atoms with Crippen LogP contribution in [0.15, 0.2) is 24.3 Å². The van der Waals surface area contributed by atoms with E-state index < -0.39 is 0 Å². The zero-order chi connectivity index (χ0) is 14.6. The van der Waals surface area contributed by atoms with Gasteiger partial charge in [0.1, 0.15) is 0 Å². The van der Waals surface area contributed by atoms with E-state index in [2.05, 4.69) is 29.7 Å². The summed E-state index contributed by atoms with van der Waals surface area (Å²) in [5, 5.41) is 10.3. The highest BCUT2D eigenvalue weighted by Crippen LogP contribution is 2.24. The molecule has 0 aromatic heterocycles. The summed E-state index contributed by atoms with van der Waals surface area (Å²) < 4.78 is 0. The normalized spacial score (nSPS) is 19.9. The van der Waals surface area contributed by atoms with Gasteiger partial charge in [-0.15, -0.1) is 0 Å². The smallest absolute Gasteiger partial charge is 0.0496 e. The molecule has 3 nitrogen and oxygen atoms in total. The first-order valence-electron chi connectivity index (χ1n) is 7.40. The number of halogens is 1. The van der Waals surface area contributed by atoms with Crippen LogP contribution in [0.4, 0.5) is 5.69 Å². The van der Waals surface area contributed by atoms with E-state index in [4.69, 9.17) is 11.6 Å². The molecule has 1 aliphatic rings. The molecule has 1 N–H and O–H groups in total. The minimum absolute atomic E-state index is 0.0260. The summed E-state index contributed by atoms with van der Waals surface area (Å²) in [6.07, 6.45) is 1.01. The number of rotatable bonds is 5. The highest BCUT2D eigenvalue weighted by Gasteiger charge is 2.26. The van der Waals surface area contributed by atoms with Crippen LogP contribution in [-0.4, -0.2) is 49.3 Å². The van der Waals surface area contributed by atoms with Gasteiger partial charge in [-0.1, -0.05) is 31.5 Å². The Labute approximate surface area is 127 Å². The van der Waals surface area contributed by atoms with E-state index in [9.17, 15) is 5.11 Å². The first kappa shape index (κ1) is 15.6. The lowest BCUT2D eigenvalue weighted by atomic mass is 9.88. The van der Waals surface area contributed by atoms with Crippen molar-refractivity contribution in [2.45, 2.75) is 20.3 Å². The van der Waals surface area contributed by atoms with Crippen molar-refractivity contribution < 1.29 is 5.11 Å². The third-order valence-corrected chi connectivity index (χ3v) is 4.62. The Morgan fingerprint density at radius 1 is 1.25 bits per heavy atom. The van der Waals surface area contributed by atoms with Gasteiger partial charge in [0.2, 0.25) is 0 Å².